The van der Waals surface area contributed by atoms with Crippen LogP contribution < -0.4 is 10.1 Å². The van der Waals surface area contributed by atoms with Gasteiger partial charge in [0, 0.05) is 12.3 Å². The maximum absolute atomic E-state index is 11.6. The van der Waals surface area contributed by atoms with Crippen LogP contribution in [0.2, 0.25) is 0 Å². The molecule has 0 spiro atoms. The number of nitrogens with one attached hydrogen (secondary N) is 1. The van der Waals surface area contributed by atoms with Crippen molar-refractivity contribution in [1.29, 1.82) is 0 Å². The summed E-state index contributed by atoms with van der Waals surface area (Å²) in [5, 5.41) is 13.3. The number of carboxylic acid groups (broad SMARTS) is 1. The summed E-state index contributed by atoms with van der Waals surface area (Å²) in [7, 11) is 0. The van der Waals surface area contributed by atoms with Gasteiger partial charge in [-0.1, -0.05) is 30.3 Å². The minimum absolute atomic E-state index is 0.0451. The summed E-state index contributed by atoms with van der Waals surface area (Å²) in [6.07, 6.45) is 0. The van der Waals surface area contributed by atoms with Gasteiger partial charge in [0.1, 0.15) is 5.75 Å². The van der Waals surface area contributed by atoms with Crippen molar-refractivity contribution in [3.05, 3.63) is 42.5 Å². The van der Waals surface area contributed by atoms with Gasteiger partial charge in [0.05, 0.1) is 5.75 Å². The first-order valence-electron chi connectivity index (χ1n) is 6.83. The van der Waals surface area contributed by atoms with Crippen LogP contribution in [0, 0.1) is 0 Å². The zero-order valence-corrected chi connectivity index (χ0v) is 12.8. The highest BCUT2D eigenvalue weighted by atomic mass is 32.2. The molecule has 0 aliphatic rings. The minimum Gasteiger partial charge on any atom is -0.484 e. The molecule has 0 aromatic heterocycles. The third kappa shape index (κ3) is 5.29. The number of hydrogen-bond donors (Lipinski definition) is 2. The van der Waals surface area contributed by atoms with E-state index in [1.807, 2.05) is 42.5 Å². The van der Waals surface area contributed by atoms with Gasteiger partial charge >= 0.3 is 5.97 Å². The highest BCUT2D eigenvalue weighted by molar-refractivity contribution is 7.99. The average Bonchev–Trinajstić information content (AvgIpc) is 2.52. The summed E-state index contributed by atoms with van der Waals surface area (Å²) in [6.45, 7) is 0.375. The number of benzene rings is 2. The Kier molecular flexibility index (Phi) is 6.09. The lowest BCUT2D eigenvalue weighted by Crippen LogP contribution is -2.30. The molecular weight excluding hydrogens is 302 g/mol. The van der Waals surface area contributed by atoms with Crippen LogP contribution in [0.4, 0.5) is 0 Å². The SMILES string of the molecule is O=C(O)CSCCNC(=O)COc1ccc2ccccc2c1. The van der Waals surface area contributed by atoms with E-state index < -0.39 is 5.97 Å². The number of carbonyl (C=O) groups is 2. The predicted molar refractivity (Wildman–Crippen MR) is 87.4 cm³/mol. The second-order valence-electron chi connectivity index (χ2n) is 4.59. The fraction of sp³-hybridized carbons (Fsp3) is 0.250. The molecule has 22 heavy (non-hydrogen) atoms. The Hall–Kier alpha value is -2.21. The summed E-state index contributed by atoms with van der Waals surface area (Å²) in [5.41, 5.74) is 0. The monoisotopic (exact) mass is 319 g/mol. The summed E-state index contributed by atoms with van der Waals surface area (Å²) in [5.74, 6) is 0.187. The van der Waals surface area contributed by atoms with E-state index in [1.165, 1.54) is 11.8 Å². The van der Waals surface area contributed by atoms with E-state index in [4.69, 9.17) is 9.84 Å². The van der Waals surface area contributed by atoms with Crippen LogP contribution in [0.15, 0.2) is 42.5 Å². The molecule has 2 N–H and O–H groups in total. The predicted octanol–water partition coefficient (Wildman–Crippen LogP) is 2.15. The van der Waals surface area contributed by atoms with Crippen molar-refractivity contribution >= 4 is 34.4 Å². The number of carboxylic acids is 1. The standard InChI is InChI=1S/C16H17NO4S/c18-15(17-7-8-22-11-16(19)20)10-21-14-6-5-12-3-1-2-4-13(12)9-14/h1-6,9H,7-8,10-11H2,(H,17,18)(H,19,20). The van der Waals surface area contributed by atoms with Crippen LogP contribution in [-0.4, -0.2) is 41.6 Å². The van der Waals surface area contributed by atoms with E-state index >= 15 is 0 Å². The smallest absolute Gasteiger partial charge is 0.313 e. The van der Waals surface area contributed by atoms with Crippen molar-refractivity contribution in [3.8, 4) is 5.75 Å². The molecule has 6 heteroatoms. The Morgan fingerprint density at radius 2 is 1.91 bits per heavy atom. The first-order valence-corrected chi connectivity index (χ1v) is 7.98. The molecule has 5 nitrogen and oxygen atoms in total. The highest BCUT2D eigenvalue weighted by Crippen LogP contribution is 2.20. The van der Waals surface area contributed by atoms with E-state index in [9.17, 15) is 9.59 Å². The Labute approximate surface area is 132 Å². The third-order valence-electron chi connectivity index (χ3n) is 2.88. The quantitative estimate of drug-likeness (QED) is 0.729. The lowest BCUT2D eigenvalue weighted by molar-refractivity contribution is -0.133. The van der Waals surface area contributed by atoms with Gasteiger partial charge in [-0.05, 0) is 22.9 Å². The zero-order chi connectivity index (χ0) is 15.8. The number of rotatable bonds is 8. The number of ether oxygens (including phenoxy) is 1. The van der Waals surface area contributed by atoms with Crippen molar-refractivity contribution < 1.29 is 19.4 Å². The van der Waals surface area contributed by atoms with Crippen molar-refractivity contribution in [2.45, 2.75) is 0 Å². The molecule has 1 amide bonds. The molecule has 2 aromatic carbocycles. The molecule has 0 saturated heterocycles. The van der Waals surface area contributed by atoms with Crippen molar-refractivity contribution in [1.82, 2.24) is 5.32 Å². The Morgan fingerprint density at radius 3 is 2.68 bits per heavy atom. The average molecular weight is 319 g/mol. The molecule has 116 valence electrons. The second kappa shape index (κ2) is 8.29. The molecule has 0 heterocycles. The number of thioether (sulfide) groups is 1. The molecule has 0 unspecified atom stereocenters. The van der Waals surface area contributed by atoms with Crippen LogP contribution in [0.25, 0.3) is 10.8 Å². The van der Waals surface area contributed by atoms with E-state index in [0.717, 1.165) is 10.8 Å². The lowest BCUT2D eigenvalue weighted by Gasteiger charge is -2.08. The van der Waals surface area contributed by atoms with Crippen molar-refractivity contribution in [3.63, 3.8) is 0 Å². The molecule has 0 saturated carbocycles. The largest absolute Gasteiger partial charge is 0.484 e. The molecule has 0 fully saturated rings. The van der Waals surface area contributed by atoms with Gasteiger partial charge in [-0.25, -0.2) is 0 Å². The Morgan fingerprint density at radius 1 is 1.14 bits per heavy atom. The molecule has 0 atom stereocenters. The Balaban J connectivity index is 1.72. The third-order valence-corrected chi connectivity index (χ3v) is 3.83. The van der Waals surface area contributed by atoms with Gasteiger partial charge in [0.25, 0.3) is 5.91 Å². The zero-order valence-electron chi connectivity index (χ0n) is 12.0. The molecule has 2 rings (SSSR count). The maximum Gasteiger partial charge on any atom is 0.313 e. The van der Waals surface area contributed by atoms with E-state index in [0.29, 0.717) is 18.0 Å². The Bertz CT molecular complexity index is 659. The molecular formula is C16H17NO4S. The van der Waals surface area contributed by atoms with Crippen molar-refractivity contribution in [2.75, 3.05) is 24.7 Å². The number of hydrogen-bond acceptors (Lipinski definition) is 4. The van der Waals surface area contributed by atoms with Gasteiger partial charge in [-0.3, -0.25) is 9.59 Å². The van der Waals surface area contributed by atoms with Crippen LogP contribution in [-0.2, 0) is 9.59 Å². The first kappa shape index (κ1) is 16.2. The number of amides is 1. The second-order valence-corrected chi connectivity index (χ2v) is 5.70. The summed E-state index contributed by atoms with van der Waals surface area (Å²) < 4.78 is 5.46. The summed E-state index contributed by atoms with van der Waals surface area (Å²) >= 11 is 1.26. The van der Waals surface area contributed by atoms with E-state index in [2.05, 4.69) is 5.32 Å². The van der Waals surface area contributed by atoms with Crippen LogP contribution in [0.1, 0.15) is 0 Å². The van der Waals surface area contributed by atoms with E-state index in [1.54, 1.807) is 0 Å². The maximum atomic E-state index is 11.6. The molecule has 0 aliphatic carbocycles. The normalized spacial score (nSPS) is 10.4. The van der Waals surface area contributed by atoms with Gasteiger partial charge < -0.3 is 15.2 Å². The van der Waals surface area contributed by atoms with Gasteiger partial charge in [0.15, 0.2) is 6.61 Å². The van der Waals surface area contributed by atoms with Gasteiger partial charge in [-0.2, -0.15) is 0 Å². The summed E-state index contributed by atoms with van der Waals surface area (Å²) in [4.78, 5) is 21.9. The van der Waals surface area contributed by atoms with Crippen molar-refractivity contribution in [2.24, 2.45) is 0 Å². The number of aliphatic carboxylic acids is 1. The molecule has 0 aliphatic heterocycles. The molecule has 2 aromatic rings. The fourth-order valence-corrected chi connectivity index (χ4v) is 2.44. The number of fused-ring (bicyclic) bond motifs is 1. The van der Waals surface area contributed by atoms with E-state index in [-0.39, 0.29) is 18.3 Å². The molecule has 0 bridgehead atoms. The fourth-order valence-electron chi connectivity index (χ4n) is 1.88. The lowest BCUT2D eigenvalue weighted by atomic mass is 10.1. The van der Waals surface area contributed by atoms with Crippen LogP contribution in [0.5, 0.6) is 5.75 Å². The topological polar surface area (TPSA) is 75.6 Å². The molecule has 0 radical (unpaired) electrons. The van der Waals surface area contributed by atoms with Gasteiger partial charge in [-0.15, -0.1) is 11.8 Å². The summed E-state index contributed by atoms with van der Waals surface area (Å²) in [6, 6.07) is 13.6. The first-order chi connectivity index (χ1) is 10.6. The van der Waals surface area contributed by atoms with Crippen LogP contribution in [0.3, 0.4) is 0 Å². The highest BCUT2D eigenvalue weighted by Gasteiger charge is 2.03. The van der Waals surface area contributed by atoms with Crippen LogP contribution >= 0.6 is 11.8 Å². The van der Waals surface area contributed by atoms with Gasteiger partial charge in [0.2, 0.25) is 0 Å². The number of carbonyl (C=O) groups excluding carboxylic acids is 1. The minimum atomic E-state index is -0.851.